The Morgan fingerprint density at radius 3 is 2.45 bits per heavy atom. The average molecular weight is 276 g/mol. The second kappa shape index (κ2) is 6.60. The van der Waals surface area contributed by atoms with Crippen LogP contribution in [0.1, 0.15) is 45.2 Å². The SMILES string of the molecule is CCC(=CCOc1ccc(C(C)(C)C)cc1C)C(=O)O. The van der Waals surface area contributed by atoms with Gasteiger partial charge in [0.2, 0.25) is 0 Å². The third-order valence-electron chi connectivity index (χ3n) is 3.27. The van der Waals surface area contributed by atoms with E-state index >= 15 is 0 Å². The van der Waals surface area contributed by atoms with Crippen molar-refractivity contribution in [3.63, 3.8) is 0 Å². The number of benzene rings is 1. The van der Waals surface area contributed by atoms with Gasteiger partial charge in [-0.05, 0) is 42.0 Å². The largest absolute Gasteiger partial charge is 0.489 e. The van der Waals surface area contributed by atoms with Gasteiger partial charge < -0.3 is 9.84 Å². The monoisotopic (exact) mass is 276 g/mol. The highest BCUT2D eigenvalue weighted by Crippen LogP contribution is 2.27. The highest BCUT2D eigenvalue weighted by atomic mass is 16.5. The Morgan fingerprint density at radius 1 is 1.35 bits per heavy atom. The van der Waals surface area contributed by atoms with Crippen molar-refractivity contribution >= 4 is 5.97 Å². The molecule has 0 bridgehead atoms. The van der Waals surface area contributed by atoms with Gasteiger partial charge in [-0.25, -0.2) is 4.79 Å². The van der Waals surface area contributed by atoms with E-state index in [0.29, 0.717) is 12.0 Å². The molecule has 3 heteroatoms. The van der Waals surface area contributed by atoms with Gasteiger partial charge in [0.25, 0.3) is 0 Å². The van der Waals surface area contributed by atoms with Gasteiger partial charge in [-0.3, -0.25) is 0 Å². The maximum atomic E-state index is 10.9. The molecule has 20 heavy (non-hydrogen) atoms. The number of ether oxygens (including phenoxy) is 1. The van der Waals surface area contributed by atoms with Gasteiger partial charge in [0.1, 0.15) is 12.4 Å². The first-order valence-corrected chi connectivity index (χ1v) is 6.92. The van der Waals surface area contributed by atoms with E-state index in [4.69, 9.17) is 9.84 Å². The van der Waals surface area contributed by atoms with Crippen molar-refractivity contribution < 1.29 is 14.6 Å². The second-order valence-corrected chi connectivity index (χ2v) is 5.93. The molecule has 1 rings (SSSR count). The summed E-state index contributed by atoms with van der Waals surface area (Å²) >= 11 is 0. The zero-order valence-electron chi connectivity index (χ0n) is 13.0. The van der Waals surface area contributed by atoms with E-state index in [9.17, 15) is 4.79 Å². The minimum Gasteiger partial charge on any atom is -0.489 e. The van der Waals surface area contributed by atoms with E-state index < -0.39 is 5.97 Å². The number of aliphatic carboxylic acids is 1. The van der Waals surface area contributed by atoms with Crippen LogP contribution in [-0.4, -0.2) is 17.7 Å². The highest BCUT2D eigenvalue weighted by Gasteiger charge is 2.14. The molecule has 0 unspecified atom stereocenters. The van der Waals surface area contributed by atoms with Gasteiger partial charge in [-0.1, -0.05) is 39.8 Å². The van der Waals surface area contributed by atoms with E-state index in [1.807, 2.05) is 19.9 Å². The average Bonchev–Trinajstić information content (AvgIpc) is 2.34. The second-order valence-electron chi connectivity index (χ2n) is 5.93. The van der Waals surface area contributed by atoms with Crippen molar-refractivity contribution in [2.24, 2.45) is 0 Å². The molecule has 1 N–H and O–H groups in total. The fourth-order valence-corrected chi connectivity index (χ4v) is 1.89. The van der Waals surface area contributed by atoms with Crippen LogP contribution in [0.25, 0.3) is 0 Å². The Labute approximate surface area is 121 Å². The zero-order valence-corrected chi connectivity index (χ0v) is 13.0. The standard InChI is InChI=1S/C17H24O3/c1-6-13(16(18)19)9-10-20-15-8-7-14(11-12(15)2)17(3,4)5/h7-9,11H,6,10H2,1-5H3,(H,18,19). The normalized spacial score (nSPS) is 12.3. The Kier molecular flexibility index (Phi) is 5.37. The summed E-state index contributed by atoms with van der Waals surface area (Å²) in [5, 5.41) is 8.93. The molecule has 3 nitrogen and oxygen atoms in total. The third kappa shape index (κ3) is 4.41. The Hall–Kier alpha value is -1.77. The fraction of sp³-hybridized carbons (Fsp3) is 0.471. The first kappa shape index (κ1) is 16.3. The minimum atomic E-state index is -0.879. The number of hydrogen-bond donors (Lipinski definition) is 1. The summed E-state index contributed by atoms with van der Waals surface area (Å²) in [6, 6.07) is 6.14. The number of carbonyl (C=O) groups is 1. The van der Waals surface area contributed by atoms with Gasteiger partial charge in [0, 0.05) is 5.57 Å². The van der Waals surface area contributed by atoms with Gasteiger partial charge in [0.15, 0.2) is 0 Å². The molecule has 0 fully saturated rings. The van der Waals surface area contributed by atoms with E-state index in [-0.39, 0.29) is 12.0 Å². The number of carboxylic acids is 1. The zero-order chi connectivity index (χ0) is 15.3. The fourth-order valence-electron chi connectivity index (χ4n) is 1.89. The summed E-state index contributed by atoms with van der Waals surface area (Å²) in [5.74, 6) is -0.0778. The predicted molar refractivity (Wildman–Crippen MR) is 81.4 cm³/mol. The molecule has 0 spiro atoms. The van der Waals surface area contributed by atoms with Crippen molar-refractivity contribution in [2.75, 3.05) is 6.61 Å². The van der Waals surface area contributed by atoms with E-state index in [1.165, 1.54) is 5.56 Å². The topological polar surface area (TPSA) is 46.5 Å². The van der Waals surface area contributed by atoms with Crippen LogP contribution in [-0.2, 0) is 10.2 Å². The molecule has 0 heterocycles. The molecule has 1 aromatic carbocycles. The Balaban J connectivity index is 2.78. The van der Waals surface area contributed by atoms with E-state index in [1.54, 1.807) is 6.08 Å². The predicted octanol–water partition coefficient (Wildman–Crippen LogP) is 4.09. The molecule has 0 aromatic heterocycles. The van der Waals surface area contributed by atoms with E-state index in [2.05, 4.69) is 32.9 Å². The summed E-state index contributed by atoms with van der Waals surface area (Å²) in [7, 11) is 0. The molecule has 0 saturated carbocycles. The maximum absolute atomic E-state index is 10.9. The lowest BCUT2D eigenvalue weighted by Crippen LogP contribution is -2.11. The molecule has 0 radical (unpaired) electrons. The third-order valence-corrected chi connectivity index (χ3v) is 3.27. The Morgan fingerprint density at radius 2 is 2.00 bits per heavy atom. The summed E-state index contributed by atoms with van der Waals surface area (Å²) in [6.07, 6.45) is 2.13. The quantitative estimate of drug-likeness (QED) is 0.824. The van der Waals surface area contributed by atoms with Crippen molar-refractivity contribution in [1.29, 1.82) is 0 Å². The summed E-state index contributed by atoms with van der Waals surface area (Å²) in [6.45, 7) is 10.6. The van der Waals surface area contributed by atoms with Gasteiger partial charge in [-0.2, -0.15) is 0 Å². The van der Waals surface area contributed by atoms with Crippen LogP contribution < -0.4 is 4.74 Å². The molecule has 110 valence electrons. The van der Waals surface area contributed by atoms with Crippen LogP contribution in [0, 0.1) is 6.92 Å². The lowest BCUT2D eigenvalue weighted by atomic mass is 9.86. The summed E-state index contributed by atoms with van der Waals surface area (Å²) in [5.41, 5.74) is 2.83. The van der Waals surface area contributed by atoms with Crippen LogP contribution in [0.5, 0.6) is 5.75 Å². The van der Waals surface area contributed by atoms with Crippen molar-refractivity contribution in [2.45, 2.75) is 46.5 Å². The number of hydrogen-bond acceptors (Lipinski definition) is 2. The minimum absolute atomic E-state index is 0.113. The van der Waals surface area contributed by atoms with Crippen LogP contribution >= 0.6 is 0 Å². The number of carboxylic acid groups (broad SMARTS) is 1. The van der Waals surface area contributed by atoms with Crippen LogP contribution in [0.4, 0.5) is 0 Å². The van der Waals surface area contributed by atoms with Gasteiger partial charge in [-0.15, -0.1) is 0 Å². The van der Waals surface area contributed by atoms with Crippen molar-refractivity contribution in [3.8, 4) is 5.75 Å². The van der Waals surface area contributed by atoms with Gasteiger partial charge >= 0.3 is 5.97 Å². The van der Waals surface area contributed by atoms with E-state index in [0.717, 1.165) is 11.3 Å². The highest BCUT2D eigenvalue weighted by molar-refractivity contribution is 5.86. The molecule has 0 atom stereocenters. The van der Waals surface area contributed by atoms with Crippen molar-refractivity contribution in [3.05, 3.63) is 41.0 Å². The first-order valence-electron chi connectivity index (χ1n) is 6.92. The molecular formula is C17H24O3. The summed E-state index contributed by atoms with van der Waals surface area (Å²) < 4.78 is 5.65. The van der Waals surface area contributed by atoms with Gasteiger partial charge in [0.05, 0.1) is 0 Å². The summed E-state index contributed by atoms with van der Waals surface area (Å²) in [4.78, 5) is 10.9. The molecule has 0 amide bonds. The number of aryl methyl sites for hydroxylation is 1. The van der Waals surface area contributed by atoms with Crippen molar-refractivity contribution in [1.82, 2.24) is 0 Å². The molecular weight excluding hydrogens is 252 g/mol. The van der Waals surface area contributed by atoms with Crippen LogP contribution in [0.3, 0.4) is 0 Å². The van der Waals surface area contributed by atoms with Crippen LogP contribution in [0.15, 0.2) is 29.8 Å². The molecule has 0 aliphatic rings. The molecule has 1 aromatic rings. The molecule has 0 aliphatic carbocycles. The smallest absolute Gasteiger partial charge is 0.331 e. The maximum Gasteiger partial charge on any atom is 0.331 e. The first-order chi connectivity index (χ1) is 9.25. The Bertz CT molecular complexity index is 507. The molecule has 0 saturated heterocycles. The van der Waals surface area contributed by atoms with Crippen LogP contribution in [0.2, 0.25) is 0 Å². The molecule has 0 aliphatic heterocycles. The lowest BCUT2D eigenvalue weighted by molar-refractivity contribution is -0.132. The lowest BCUT2D eigenvalue weighted by Gasteiger charge is -2.20. The number of rotatable bonds is 5.